The molecular weight excluding hydrogens is 396 g/mol. The van der Waals surface area contributed by atoms with E-state index in [2.05, 4.69) is 33.9 Å². The SMILES string of the molecule is CC(=O)c1cccc(S(=O)(=O)NCc2ccccc2-c2ccc(CN(C)C)cc2)c1. The molecule has 0 atom stereocenters. The maximum Gasteiger partial charge on any atom is 0.240 e. The van der Waals surface area contributed by atoms with Crippen LogP contribution in [0.25, 0.3) is 11.1 Å². The number of nitrogens with zero attached hydrogens (tertiary/aromatic N) is 1. The zero-order valence-corrected chi connectivity index (χ0v) is 18.2. The summed E-state index contributed by atoms with van der Waals surface area (Å²) in [6, 6.07) is 22.1. The van der Waals surface area contributed by atoms with E-state index >= 15 is 0 Å². The summed E-state index contributed by atoms with van der Waals surface area (Å²) < 4.78 is 28.2. The van der Waals surface area contributed by atoms with Crippen LogP contribution in [-0.4, -0.2) is 33.2 Å². The lowest BCUT2D eigenvalue weighted by atomic mass is 9.99. The van der Waals surface area contributed by atoms with Gasteiger partial charge in [-0.3, -0.25) is 4.79 Å². The molecule has 0 aliphatic rings. The van der Waals surface area contributed by atoms with Crippen LogP contribution in [0.5, 0.6) is 0 Å². The molecule has 3 aromatic carbocycles. The van der Waals surface area contributed by atoms with Crippen molar-refractivity contribution in [2.75, 3.05) is 14.1 Å². The van der Waals surface area contributed by atoms with Crippen molar-refractivity contribution in [3.63, 3.8) is 0 Å². The summed E-state index contributed by atoms with van der Waals surface area (Å²) in [6.45, 7) is 2.43. The van der Waals surface area contributed by atoms with Crippen LogP contribution in [0, 0.1) is 0 Å². The molecule has 0 heterocycles. The van der Waals surface area contributed by atoms with Crippen LogP contribution in [0.15, 0.2) is 77.7 Å². The van der Waals surface area contributed by atoms with Crippen molar-refractivity contribution in [1.82, 2.24) is 9.62 Å². The first-order valence-corrected chi connectivity index (χ1v) is 11.2. The van der Waals surface area contributed by atoms with Crippen LogP contribution >= 0.6 is 0 Å². The minimum Gasteiger partial charge on any atom is -0.305 e. The third kappa shape index (κ3) is 5.42. The number of Topliss-reactive ketones (excluding diaryl/α,β-unsaturated/α-hetero) is 1. The van der Waals surface area contributed by atoms with E-state index in [9.17, 15) is 13.2 Å². The molecule has 0 radical (unpaired) electrons. The fourth-order valence-corrected chi connectivity index (χ4v) is 4.30. The van der Waals surface area contributed by atoms with E-state index in [0.717, 1.165) is 23.2 Å². The number of sulfonamides is 1. The molecular formula is C24H26N2O3S. The highest BCUT2D eigenvalue weighted by molar-refractivity contribution is 7.89. The van der Waals surface area contributed by atoms with Crippen molar-refractivity contribution in [2.45, 2.75) is 24.9 Å². The molecule has 0 bridgehead atoms. The number of nitrogens with one attached hydrogen (secondary N) is 1. The first-order chi connectivity index (χ1) is 14.3. The Kier molecular flexibility index (Phi) is 6.82. The summed E-state index contributed by atoms with van der Waals surface area (Å²) in [5.74, 6) is -0.171. The van der Waals surface area contributed by atoms with Crippen molar-refractivity contribution in [3.05, 3.63) is 89.5 Å². The fraction of sp³-hybridized carbons (Fsp3) is 0.208. The van der Waals surface area contributed by atoms with Gasteiger partial charge in [0.05, 0.1) is 4.90 Å². The van der Waals surface area contributed by atoms with Crippen molar-refractivity contribution in [2.24, 2.45) is 0 Å². The quantitative estimate of drug-likeness (QED) is 0.555. The van der Waals surface area contributed by atoms with Crippen molar-refractivity contribution in [3.8, 4) is 11.1 Å². The predicted molar refractivity (Wildman–Crippen MR) is 120 cm³/mol. The highest BCUT2D eigenvalue weighted by Gasteiger charge is 2.16. The molecule has 3 aromatic rings. The van der Waals surface area contributed by atoms with Gasteiger partial charge < -0.3 is 4.90 Å². The van der Waals surface area contributed by atoms with E-state index in [1.807, 2.05) is 38.4 Å². The molecule has 0 spiro atoms. The van der Waals surface area contributed by atoms with Gasteiger partial charge >= 0.3 is 0 Å². The summed E-state index contributed by atoms with van der Waals surface area (Å²) in [4.78, 5) is 13.8. The van der Waals surface area contributed by atoms with Crippen LogP contribution in [-0.2, 0) is 23.1 Å². The topological polar surface area (TPSA) is 66.5 Å². The average Bonchev–Trinajstić information content (AvgIpc) is 2.73. The molecule has 6 heteroatoms. The van der Waals surface area contributed by atoms with E-state index in [1.165, 1.54) is 24.6 Å². The third-order valence-electron chi connectivity index (χ3n) is 4.78. The van der Waals surface area contributed by atoms with Gasteiger partial charge in [0.2, 0.25) is 10.0 Å². The molecule has 0 aromatic heterocycles. The third-order valence-corrected chi connectivity index (χ3v) is 6.18. The maximum absolute atomic E-state index is 12.7. The molecule has 0 unspecified atom stereocenters. The number of rotatable bonds is 8. The second-order valence-electron chi connectivity index (χ2n) is 7.50. The van der Waals surface area contributed by atoms with Crippen LogP contribution in [0.2, 0.25) is 0 Å². The normalized spacial score (nSPS) is 11.6. The van der Waals surface area contributed by atoms with Gasteiger partial charge in [0.15, 0.2) is 5.78 Å². The van der Waals surface area contributed by atoms with E-state index in [4.69, 9.17) is 0 Å². The van der Waals surface area contributed by atoms with Gasteiger partial charge in [-0.05, 0) is 55.4 Å². The van der Waals surface area contributed by atoms with Gasteiger partial charge in [-0.15, -0.1) is 0 Å². The molecule has 30 heavy (non-hydrogen) atoms. The second kappa shape index (κ2) is 9.34. The highest BCUT2D eigenvalue weighted by Crippen LogP contribution is 2.25. The fourth-order valence-electron chi connectivity index (χ4n) is 3.25. The zero-order chi connectivity index (χ0) is 21.7. The van der Waals surface area contributed by atoms with Gasteiger partial charge in [-0.25, -0.2) is 13.1 Å². The molecule has 1 N–H and O–H groups in total. The standard InChI is InChI=1S/C24H26N2O3S/c1-18(27)21-8-6-9-23(15-21)30(28,29)25-16-22-7-4-5-10-24(22)20-13-11-19(12-14-20)17-26(2)3/h4-15,25H,16-17H2,1-3H3. The van der Waals surface area contributed by atoms with Crippen molar-refractivity contribution < 1.29 is 13.2 Å². The first-order valence-electron chi connectivity index (χ1n) is 9.69. The van der Waals surface area contributed by atoms with Crippen LogP contribution in [0.1, 0.15) is 28.4 Å². The van der Waals surface area contributed by atoms with Crippen molar-refractivity contribution in [1.29, 1.82) is 0 Å². The van der Waals surface area contributed by atoms with Crippen LogP contribution < -0.4 is 4.72 Å². The summed E-state index contributed by atoms with van der Waals surface area (Å²) >= 11 is 0. The summed E-state index contributed by atoms with van der Waals surface area (Å²) in [7, 11) is 0.317. The molecule has 0 saturated carbocycles. The summed E-state index contributed by atoms with van der Waals surface area (Å²) in [5, 5.41) is 0. The smallest absolute Gasteiger partial charge is 0.240 e. The highest BCUT2D eigenvalue weighted by atomic mass is 32.2. The minimum atomic E-state index is -3.74. The monoisotopic (exact) mass is 422 g/mol. The lowest BCUT2D eigenvalue weighted by molar-refractivity contribution is 0.101. The Hall–Kier alpha value is -2.80. The Morgan fingerprint density at radius 3 is 2.30 bits per heavy atom. The van der Waals surface area contributed by atoms with Gasteiger partial charge in [0.25, 0.3) is 0 Å². The van der Waals surface area contributed by atoms with Gasteiger partial charge in [-0.1, -0.05) is 60.7 Å². The summed E-state index contributed by atoms with van der Waals surface area (Å²) in [6.07, 6.45) is 0. The number of carbonyl (C=O) groups is 1. The van der Waals surface area contributed by atoms with Gasteiger partial charge in [0, 0.05) is 18.7 Å². The Labute approximate surface area is 178 Å². The average molecular weight is 423 g/mol. The van der Waals surface area contributed by atoms with Gasteiger partial charge in [-0.2, -0.15) is 0 Å². The maximum atomic E-state index is 12.7. The Morgan fingerprint density at radius 2 is 1.63 bits per heavy atom. The lowest BCUT2D eigenvalue weighted by Gasteiger charge is -2.13. The molecule has 0 saturated heterocycles. The number of hydrogen-bond donors (Lipinski definition) is 1. The lowest BCUT2D eigenvalue weighted by Crippen LogP contribution is -2.23. The molecule has 0 fully saturated rings. The Bertz CT molecular complexity index is 1140. The number of ketones is 1. The molecule has 0 aliphatic carbocycles. The first kappa shape index (κ1) is 21.9. The molecule has 0 amide bonds. The number of hydrogen-bond acceptors (Lipinski definition) is 4. The van der Waals surface area contributed by atoms with E-state index < -0.39 is 10.0 Å². The van der Waals surface area contributed by atoms with Crippen molar-refractivity contribution >= 4 is 15.8 Å². The van der Waals surface area contributed by atoms with Crippen LogP contribution in [0.4, 0.5) is 0 Å². The summed E-state index contributed by atoms with van der Waals surface area (Å²) in [5.41, 5.74) is 4.48. The van der Waals surface area contributed by atoms with E-state index in [0.29, 0.717) is 5.56 Å². The van der Waals surface area contributed by atoms with Crippen LogP contribution in [0.3, 0.4) is 0 Å². The molecule has 156 valence electrons. The molecule has 5 nitrogen and oxygen atoms in total. The zero-order valence-electron chi connectivity index (χ0n) is 17.4. The predicted octanol–water partition coefficient (Wildman–Crippen LogP) is 4.10. The Balaban J connectivity index is 1.81. The number of benzene rings is 3. The number of carbonyl (C=O) groups excluding carboxylic acids is 1. The van der Waals surface area contributed by atoms with E-state index in [-0.39, 0.29) is 17.2 Å². The Morgan fingerprint density at radius 1 is 0.933 bits per heavy atom. The molecule has 3 rings (SSSR count). The molecule has 0 aliphatic heterocycles. The minimum absolute atomic E-state index is 0.0840. The van der Waals surface area contributed by atoms with E-state index in [1.54, 1.807) is 12.1 Å². The van der Waals surface area contributed by atoms with Gasteiger partial charge in [0.1, 0.15) is 0 Å². The second-order valence-corrected chi connectivity index (χ2v) is 9.27. The largest absolute Gasteiger partial charge is 0.305 e.